The Morgan fingerprint density at radius 1 is 0.810 bits per heavy atom. The molecular formula is C20H31N. The summed E-state index contributed by atoms with van der Waals surface area (Å²) in [5, 5.41) is 10.0. The lowest BCUT2D eigenvalue weighted by Crippen LogP contribution is -2.56. The SMILES string of the molecule is C[C@@]12CCC[C@H]1[C@@H]1CCC3(C#N)CCCC[C@]3(C)[C@H]1CC2. The van der Waals surface area contributed by atoms with Gasteiger partial charge in [0.05, 0.1) is 11.5 Å². The fraction of sp³-hybridized carbons (Fsp3) is 0.950. The minimum absolute atomic E-state index is 0.0265. The van der Waals surface area contributed by atoms with Crippen molar-refractivity contribution in [1.29, 1.82) is 5.26 Å². The Kier molecular flexibility index (Phi) is 3.02. The van der Waals surface area contributed by atoms with E-state index in [-0.39, 0.29) is 5.41 Å². The van der Waals surface area contributed by atoms with Gasteiger partial charge >= 0.3 is 0 Å². The van der Waals surface area contributed by atoms with Gasteiger partial charge in [-0.15, -0.1) is 0 Å². The van der Waals surface area contributed by atoms with E-state index < -0.39 is 0 Å². The first-order chi connectivity index (χ1) is 10.0. The van der Waals surface area contributed by atoms with Crippen LogP contribution in [0.2, 0.25) is 0 Å². The molecule has 0 aromatic rings. The largest absolute Gasteiger partial charge is 0.198 e. The molecule has 0 aromatic carbocycles. The minimum Gasteiger partial charge on any atom is -0.198 e. The highest BCUT2D eigenvalue weighted by Crippen LogP contribution is 2.69. The van der Waals surface area contributed by atoms with Crippen LogP contribution in [-0.4, -0.2) is 0 Å². The molecule has 4 fully saturated rings. The molecular weight excluding hydrogens is 254 g/mol. The average Bonchev–Trinajstić information content (AvgIpc) is 2.88. The van der Waals surface area contributed by atoms with Crippen LogP contribution in [0.25, 0.3) is 0 Å². The van der Waals surface area contributed by atoms with Gasteiger partial charge in [-0.2, -0.15) is 5.26 Å². The van der Waals surface area contributed by atoms with E-state index in [0.717, 1.165) is 17.8 Å². The monoisotopic (exact) mass is 285 g/mol. The molecule has 0 bridgehead atoms. The van der Waals surface area contributed by atoms with Crippen molar-refractivity contribution in [2.45, 2.75) is 84.5 Å². The lowest BCUT2D eigenvalue weighted by Gasteiger charge is -2.62. The van der Waals surface area contributed by atoms with Crippen LogP contribution in [0.4, 0.5) is 0 Å². The maximum absolute atomic E-state index is 10.0. The smallest absolute Gasteiger partial charge is 0.0695 e. The van der Waals surface area contributed by atoms with Crippen LogP contribution in [-0.2, 0) is 0 Å². The van der Waals surface area contributed by atoms with Crippen LogP contribution in [0, 0.1) is 45.3 Å². The van der Waals surface area contributed by atoms with Crippen molar-refractivity contribution in [3.63, 3.8) is 0 Å². The van der Waals surface area contributed by atoms with Crippen molar-refractivity contribution in [2.75, 3.05) is 0 Å². The average molecular weight is 285 g/mol. The summed E-state index contributed by atoms with van der Waals surface area (Å²) in [6.07, 6.45) is 15.0. The molecule has 0 heterocycles. The third-order valence-corrected chi connectivity index (χ3v) is 8.80. The molecule has 0 radical (unpaired) electrons. The van der Waals surface area contributed by atoms with Gasteiger partial charge < -0.3 is 0 Å². The van der Waals surface area contributed by atoms with Crippen LogP contribution in [0.1, 0.15) is 84.5 Å². The predicted octanol–water partition coefficient (Wildman–Crippen LogP) is 5.70. The quantitative estimate of drug-likeness (QED) is 0.560. The summed E-state index contributed by atoms with van der Waals surface area (Å²) in [4.78, 5) is 0. The highest BCUT2D eigenvalue weighted by molar-refractivity contribution is 5.18. The molecule has 6 atom stereocenters. The van der Waals surface area contributed by atoms with Crippen molar-refractivity contribution in [1.82, 2.24) is 0 Å². The fourth-order valence-corrected chi connectivity index (χ4v) is 7.52. The number of hydrogen-bond acceptors (Lipinski definition) is 1. The first kappa shape index (κ1) is 14.1. The summed E-state index contributed by atoms with van der Waals surface area (Å²) in [5.41, 5.74) is 1.00. The van der Waals surface area contributed by atoms with E-state index in [1.165, 1.54) is 70.6 Å². The molecule has 4 aliphatic carbocycles. The van der Waals surface area contributed by atoms with Gasteiger partial charge in [0, 0.05) is 0 Å². The van der Waals surface area contributed by atoms with E-state index >= 15 is 0 Å². The molecule has 1 unspecified atom stereocenters. The van der Waals surface area contributed by atoms with E-state index in [1.54, 1.807) is 0 Å². The number of nitriles is 1. The Labute approximate surface area is 130 Å². The Bertz CT molecular complexity index is 477. The topological polar surface area (TPSA) is 23.8 Å². The zero-order valence-corrected chi connectivity index (χ0v) is 14.0. The molecule has 21 heavy (non-hydrogen) atoms. The second kappa shape index (κ2) is 4.50. The maximum atomic E-state index is 10.0. The summed E-state index contributed by atoms with van der Waals surface area (Å²) in [7, 11) is 0. The van der Waals surface area contributed by atoms with Gasteiger partial charge in [-0.05, 0) is 80.0 Å². The van der Waals surface area contributed by atoms with E-state index in [4.69, 9.17) is 0 Å². The summed E-state index contributed by atoms with van der Waals surface area (Å²) < 4.78 is 0. The highest BCUT2D eigenvalue weighted by atomic mass is 14.7. The number of hydrogen-bond donors (Lipinski definition) is 0. The Balaban J connectivity index is 1.71. The predicted molar refractivity (Wildman–Crippen MR) is 85.5 cm³/mol. The minimum atomic E-state index is 0.0265. The summed E-state index contributed by atoms with van der Waals surface area (Å²) >= 11 is 0. The normalized spacial score (nSPS) is 56.0. The zero-order chi connectivity index (χ0) is 14.7. The molecule has 4 aliphatic rings. The maximum Gasteiger partial charge on any atom is 0.0695 e. The first-order valence-electron chi connectivity index (χ1n) is 9.46. The van der Waals surface area contributed by atoms with Gasteiger partial charge in [0.2, 0.25) is 0 Å². The lowest BCUT2D eigenvalue weighted by molar-refractivity contribution is -0.131. The Morgan fingerprint density at radius 2 is 1.62 bits per heavy atom. The molecule has 116 valence electrons. The molecule has 4 rings (SSSR count). The van der Waals surface area contributed by atoms with Crippen molar-refractivity contribution >= 4 is 0 Å². The van der Waals surface area contributed by atoms with Gasteiger partial charge in [-0.25, -0.2) is 0 Å². The van der Waals surface area contributed by atoms with Crippen LogP contribution in [0.15, 0.2) is 0 Å². The second-order valence-corrected chi connectivity index (χ2v) is 9.32. The third kappa shape index (κ3) is 1.68. The summed E-state index contributed by atoms with van der Waals surface area (Å²) in [6.45, 7) is 5.10. The van der Waals surface area contributed by atoms with Gasteiger partial charge in [-0.1, -0.05) is 33.1 Å². The standard InChI is InChI=1S/C20H31N/c1-18-9-5-6-16(18)15-7-13-20(14-21)11-4-3-10-19(20,2)17(15)8-12-18/h15-17H,3-13H2,1-2H3/t15-,16-,17-,18-,19+,20?/m0/s1. The van der Waals surface area contributed by atoms with Gasteiger partial charge in [0.15, 0.2) is 0 Å². The van der Waals surface area contributed by atoms with Gasteiger partial charge in [0.25, 0.3) is 0 Å². The molecule has 0 amide bonds. The molecule has 0 aliphatic heterocycles. The number of nitrogens with zero attached hydrogens (tertiary/aromatic N) is 1. The first-order valence-corrected chi connectivity index (χ1v) is 9.46. The van der Waals surface area contributed by atoms with E-state index in [2.05, 4.69) is 19.9 Å². The summed E-state index contributed by atoms with van der Waals surface area (Å²) in [5.74, 6) is 2.77. The molecule has 1 nitrogen and oxygen atoms in total. The molecule has 0 N–H and O–H groups in total. The van der Waals surface area contributed by atoms with Crippen molar-refractivity contribution in [2.24, 2.45) is 34.0 Å². The van der Waals surface area contributed by atoms with Crippen molar-refractivity contribution < 1.29 is 0 Å². The zero-order valence-electron chi connectivity index (χ0n) is 14.0. The molecule has 0 saturated heterocycles. The lowest BCUT2D eigenvalue weighted by atomic mass is 9.41. The van der Waals surface area contributed by atoms with Gasteiger partial charge in [-0.3, -0.25) is 0 Å². The second-order valence-electron chi connectivity index (χ2n) is 9.32. The van der Waals surface area contributed by atoms with Crippen LogP contribution in [0.5, 0.6) is 0 Å². The van der Waals surface area contributed by atoms with Crippen molar-refractivity contribution in [3.8, 4) is 6.07 Å². The Morgan fingerprint density at radius 3 is 2.43 bits per heavy atom. The summed E-state index contributed by atoms with van der Waals surface area (Å²) in [6, 6.07) is 2.86. The molecule has 0 spiro atoms. The van der Waals surface area contributed by atoms with Crippen LogP contribution >= 0.6 is 0 Å². The van der Waals surface area contributed by atoms with E-state index in [1.807, 2.05) is 0 Å². The van der Waals surface area contributed by atoms with E-state index in [9.17, 15) is 5.26 Å². The van der Waals surface area contributed by atoms with Gasteiger partial charge in [0.1, 0.15) is 0 Å². The van der Waals surface area contributed by atoms with E-state index in [0.29, 0.717) is 10.8 Å². The van der Waals surface area contributed by atoms with Crippen molar-refractivity contribution in [3.05, 3.63) is 0 Å². The van der Waals surface area contributed by atoms with Crippen LogP contribution < -0.4 is 0 Å². The number of fused-ring (bicyclic) bond motifs is 5. The Hall–Kier alpha value is -0.510. The third-order valence-electron chi connectivity index (χ3n) is 8.80. The number of rotatable bonds is 0. The fourth-order valence-electron chi connectivity index (χ4n) is 7.52. The molecule has 0 aromatic heterocycles. The molecule has 1 heteroatoms. The molecule has 4 saturated carbocycles. The van der Waals surface area contributed by atoms with Crippen LogP contribution in [0.3, 0.4) is 0 Å². The highest BCUT2D eigenvalue weighted by Gasteiger charge is 2.62.